The molecule has 2 fully saturated rings. The van der Waals surface area contributed by atoms with Crippen molar-refractivity contribution in [2.75, 3.05) is 38.2 Å². The highest BCUT2D eigenvalue weighted by Crippen LogP contribution is 2.22. The third-order valence-corrected chi connectivity index (χ3v) is 7.59. The molecule has 1 aromatic rings. The zero-order valence-corrected chi connectivity index (χ0v) is 16.5. The number of amides is 1. The molecule has 1 unspecified atom stereocenters. The van der Waals surface area contributed by atoms with Crippen LogP contribution < -0.4 is 0 Å². The van der Waals surface area contributed by atoms with Crippen molar-refractivity contribution >= 4 is 15.7 Å². The van der Waals surface area contributed by atoms with Crippen LogP contribution in [0.25, 0.3) is 0 Å². The van der Waals surface area contributed by atoms with Crippen LogP contribution in [-0.4, -0.2) is 68.4 Å². The Hall–Kier alpha value is -1.40. The summed E-state index contributed by atoms with van der Waals surface area (Å²) in [6, 6.07) is 10.6. The maximum absolute atomic E-state index is 12.5. The van der Waals surface area contributed by atoms with E-state index in [1.807, 2.05) is 22.9 Å². The molecule has 5 nitrogen and oxygen atoms in total. The Bertz CT molecular complexity index is 697. The molecule has 3 rings (SSSR count). The van der Waals surface area contributed by atoms with Crippen LogP contribution in [0.2, 0.25) is 0 Å². The summed E-state index contributed by atoms with van der Waals surface area (Å²) in [7, 11) is -0.933. The molecule has 1 amide bonds. The van der Waals surface area contributed by atoms with Crippen LogP contribution in [-0.2, 0) is 21.1 Å². The number of hydrogen-bond donors (Lipinski definition) is 0. The SMILES string of the molecule is CN(CCC(=O)N1CCC(Cc2ccccc2)CC1)C1CCS(=O)(=O)C1. The zero-order chi connectivity index (χ0) is 18.6. The molecule has 0 radical (unpaired) electrons. The van der Waals surface area contributed by atoms with Crippen LogP contribution in [0.1, 0.15) is 31.2 Å². The van der Waals surface area contributed by atoms with Gasteiger partial charge in [0.25, 0.3) is 0 Å². The van der Waals surface area contributed by atoms with Gasteiger partial charge in [-0.05, 0) is 44.2 Å². The first-order valence-electron chi connectivity index (χ1n) is 9.65. The normalized spacial score (nSPS) is 23.5. The molecule has 6 heteroatoms. The van der Waals surface area contributed by atoms with Gasteiger partial charge in [0.05, 0.1) is 11.5 Å². The quantitative estimate of drug-likeness (QED) is 0.759. The lowest BCUT2D eigenvalue weighted by Gasteiger charge is -2.33. The molecule has 2 aliphatic heterocycles. The lowest BCUT2D eigenvalue weighted by molar-refractivity contribution is -0.132. The summed E-state index contributed by atoms with van der Waals surface area (Å²) >= 11 is 0. The first-order valence-corrected chi connectivity index (χ1v) is 11.5. The molecule has 0 spiro atoms. The molecule has 0 bridgehead atoms. The second-order valence-electron chi connectivity index (χ2n) is 7.80. The Balaban J connectivity index is 1.38. The molecule has 0 N–H and O–H groups in total. The van der Waals surface area contributed by atoms with Gasteiger partial charge in [0, 0.05) is 32.1 Å². The lowest BCUT2D eigenvalue weighted by Crippen LogP contribution is -2.41. The largest absolute Gasteiger partial charge is 0.343 e. The highest BCUT2D eigenvalue weighted by atomic mass is 32.2. The van der Waals surface area contributed by atoms with E-state index in [1.54, 1.807) is 0 Å². The fourth-order valence-corrected chi connectivity index (χ4v) is 5.87. The molecule has 1 aromatic carbocycles. The molecule has 144 valence electrons. The van der Waals surface area contributed by atoms with E-state index in [9.17, 15) is 13.2 Å². The number of carbonyl (C=O) groups excluding carboxylic acids is 1. The number of piperidine rings is 1. The van der Waals surface area contributed by atoms with Crippen molar-refractivity contribution in [2.24, 2.45) is 5.92 Å². The summed E-state index contributed by atoms with van der Waals surface area (Å²) in [5.74, 6) is 1.39. The van der Waals surface area contributed by atoms with Crippen LogP contribution in [0.3, 0.4) is 0 Å². The third-order valence-electron chi connectivity index (χ3n) is 5.84. The Morgan fingerprint density at radius 1 is 1.15 bits per heavy atom. The molecule has 0 saturated carbocycles. The van der Waals surface area contributed by atoms with Gasteiger partial charge >= 0.3 is 0 Å². The van der Waals surface area contributed by atoms with Gasteiger partial charge in [-0.3, -0.25) is 4.79 Å². The minimum atomic E-state index is -2.87. The number of hydrogen-bond acceptors (Lipinski definition) is 4. The second-order valence-corrected chi connectivity index (χ2v) is 10.0. The monoisotopic (exact) mass is 378 g/mol. The zero-order valence-electron chi connectivity index (χ0n) is 15.6. The van der Waals surface area contributed by atoms with Crippen LogP contribution in [0.15, 0.2) is 30.3 Å². The van der Waals surface area contributed by atoms with Gasteiger partial charge in [0.15, 0.2) is 9.84 Å². The first kappa shape index (κ1) is 19.4. The number of sulfone groups is 1. The third kappa shape index (κ3) is 5.30. The summed E-state index contributed by atoms with van der Waals surface area (Å²) in [5.41, 5.74) is 1.38. The Morgan fingerprint density at radius 2 is 1.85 bits per heavy atom. The van der Waals surface area contributed by atoms with Crippen LogP contribution in [0, 0.1) is 5.92 Å². The number of likely N-dealkylation sites (tertiary alicyclic amines) is 1. The maximum atomic E-state index is 12.5. The van der Waals surface area contributed by atoms with Crippen molar-refractivity contribution in [3.8, 4) is 0 Å². The van der Waals surface area contributed by atoms with Gasteiger partial charge in [0.2, 0.25) is 5.91 Å². The van der Waals surface area contributed by atoms with Gasteiger partial charge in [0.1, 0.15) is 0 Å². The molecule has 2 heterocycles. The average Bonchev–Trinajstić information content (AvgIpc) is 3.01. The fraction of sp³-hybridized carbons (Fsp3) is 0.650. The van der Waals surface area contributed by atoms with Crippen molar-refractivity contribution in [2.45, 2.75) is 38.1 Å². The van der Waals surface area contributed by atoms with E-state index < -0.39 is 9.84 Å². The minimum Gasteiger partial charge on any atom is -0.343 e. The molecule has 0 aliphatic carbocycles. The molecule has 0 aromatic heterocycles. The van der Waals surface area contributed by atoms with Crippen molar-refractivity contribution in [1.29, 1.82) is 0 Å². The number of carbonyl (C=O) groups is 1. The average molecular weight is 379 g/mol. The molecule has 26 heavy (non-hydrogen) atoms. The summed E-state index contributed by atoms with van der Waals surface area (Å²) in [6.07, 6.45) is 4.41. The summed E-state index contributed by atoms with van der Waals surface area (Å²) in [5, 5.41) is 0. The minimum absolute atomic E-state index is 0.0735. The van der Waals surface area contributed by atoms with E-state index in [-0.39, 0.29) is 23.5 Å². The van der Waals surface area contributed by atoms with Crippen LogP contribution >= 0.6 is 0 Å². The first-order chi connectivity index (χ1) is 12.4. The Kier molecular flexibility index (Phi) is 6.35. The van der Waals surface area contributed by atoms with Crippen molar-refractivity contribution in [3.63, 3.8) is 0 Å². The maximum Gasteiger partial charge on any atom is 0.223 e. The van der Waals surface area contributed by atoms with E-state index in [0.717, 1.165) is 32.4 Å². The highest BCUT2D eigenvalue weighted by Gasteiger charge is 2.31. The number of benzene rings is 1. The van der Waals surface area contributed by atoms with Gasteiger partial charge < -0.3 is 9.80 Å². The van der Waals surface area contributed by atoms with Gasteiger partial charge in [-0.2, -0.15) is 0 Å². The van der Waals surface area contributed by atoms with E-state index in [1.165, 1.54) is 5.56 Å². The van der Waals surface area contributed by atoms with Crippen molar-refractivity contribution in [3.05, 3.63) is 35.9 Å². The predicted octanol–water partition coefficient (Wildman–Crippen LogP) is 1.98. The van der Waals surface area contributed by atoms with Crippen LogP contribution in [0.4, 0.5) is 0 Å². The van der Waals surface area contributed by atoms with Crippen LogP contribution in [0.5, 0.6) is 0 Å². The topological polar surface area (TPSA) is 57.7 Å². The highest BCUT2D eigenvalue weighted by molar-refractivity contribution is 7.91. The molecule has 2 saturated heterocycles. The summed E-state index contributed by atoms with van der Waals surface area (Å²) in [6.45, 7) is 2.33. The van der Waals surface area contributed by atoms with E-state index in [0.29, 0.717) is 25.3 Å². The predicted molar refractivity (Wildman–Crippen MR) is 104 cm³/mol. The molecular formula is C20H30N2O3S. The number of nitrogens with zero attached hydrogens (tertiary/aromatic N) is 2. The molecular weight excluding hydrogens is 348 g/mol. The van der Waals surface area contributed by atoms with E-state index in [4.69, 9.17) is 0 Å². The van der Waals surface area contributed by atoms with Gasteiger partial charge in [-0.25, -0.2) is 8.42 Å². The molecule has 2 aliphatic rings. The lowest BCUT2D eigenvalue weighted by atomic mass is 9.90. The Morgan fingerprint density at radius 3 is 2.46 bits per heavy atom. The Labute approximate surface area is 157 Å². The van der Waals surface area contributed by atoms with Gasteiger partial charge in [-0.15, -0.1) is 0 Å². The van der Waals surface area contributed by atoms with Crippen molar-refractivity contribution < 1.29 is 13.2 Å². The number of rotatable bonds is 6. The van der Waals surface area contributed by atoms with E-state index in [2.05, 4.69) is 24.3 Å². The van der Waals surface area contributed by atoms with E-state index >= 15 is 0 Å². The summed E-state index contributed by atoms with van der Waals surface area (Å²) < 4.78 is 23.2. The summed E-state index contributed by atoms with van der Waals surface area (Å²) in [4.78, 5) is 16.5. The molecule has 1 atom stereocenters. The standard InChI is InChI=1S/C20H30N2O3S/c1-21(19-10-14-26(24,25)16-19)11-9-20(23)22-12-7-18(8-13-22)15-17-5-3-2-4-6-17/h2-6,18-19H,7-16H2,1H3. The van der Waals surface area contributed by atoms with Gasteiger partial charge in [-0.1, -0.05) is 30.3 Å². The van der Waals surface area contributed by atoms with Crippen molar-refractivity contribution in [1.82, 2.24) is 9.80 Å². The fourth-order valence-electron chi connectivity index (χ4n) is 4.07. The smallest absolute Gasteiger partial charge is 0.223 e. The second kappa shape index (κ2) is 8.53.